The Bertz CT molecular complexity index is 707. The summed E-state index contributed by atoms with van der Waals surface area (Å²) in [5.74, 6) is 0.387. The number of thiazole rings is 1. The fourth-order valence-electron chi connectivity index (χ4n) is 1.89. The lowest BCUT2D eigenvalue weighted by atomic mass is 10.1. The van der Waals surface area contributed by atoms with Crippen LogP contribution in [0.3, 0.4) is 0 Å². The average Bonchev–Trinajstić information content (AvgIpc) is 2.88. The lowest BCUT2D eigenvalue weighted by Gasteiger charge is -2.03. The van der Waals surface area contributed by atoms with Crippen molar-refractivity contribution in [1.82, 2.24) is 4.98 Å². The van der Waals surface area contributed by atoms with Crippen LogP contribution in [0.5, 0.6) is 0 Å². The van der Waals surface area contributed by atoms with Crippen LogP contribution in [0, 0.1) is 5.82 Å². The van der Waals surface area contributed by atoms with Gasteiger partial charge in [-0.3, -0.25) is 0 Å². The zero-order valence-corrected chi connectivity index (χ0v) is 12.3. The average molecular weight is 304 g/mol. The molecule has 2 aromatic carbocycles. The van der Waals surface area contributed by atoms with Crippen molar-refractivity contribution in [3.05, 3.63) is 59.4 Å². The van der Waals surface area contributed by atoms with E-state index in [0.29, 0.717) is 17.9 Å². The Morgan fingerprint density at radius 2 is 2.05 bits per heavy atom. The van der Waals surface area contributed by atoms with Gasteiger partial charge in [0.1, 0.15) is 5.82 Å². The lowest BCUT2D eigenvalue weighted by molar-refractivity contribution is 0.615. The molecule has 0 spiro atoms. The van der Waals surface area contributed by atoms with Gasteiger partial charge in [0.25, 0.3) is 0 Å². The molecule has 0 unspecified atom stereocenters. The number of thioether (sulfide) groups is 1. The largest absolute Gasteiger partial charge is 0.326 e. The smallest absolute Gasteiger partial charge is 0.151 e. The molecule has 3 rings (SSSR count). The number of fused-ring (bicyclic) bond motifs is 1. The topological polar surface area (TPSA) is 38.9 Å². The summed E-state index contributed by atoms with van der Waals surface area (Å²) < 4.78 is 16.0. The third-order valence-corrected chi connectivity index (χ3v) is 5.21. The number of nitrogens with zero attached hydrogens (tertiary/aromatic N) is 1. The highest BCUT2D eigenvalue weighted by Gasteiger charge is 2.07. The van der Waals surface area contributed by atoms with E-state index in [2.05, 4.69) is 4.98 Å². The molecule has 2 N–H and O–H groups in total. The van der Waals surface area contributed by atoms with Crippen LogP contribution in [0.25, 0.3) is 10.2 Å². The predicted octanol–water partition coefficient (Wildman–Crippen LogP) is 4.19. The Hall–Kier alpha value is -1.43. The van der Waals surface area contributed by atoms with Crippen LogP contribution < -0.4 is 5.73 Å². The Balaban J connectivity index is 1.75. The third kappa shape index (κ3) is 2.85. The summed E-state index contributed by atoms with van der Waals surface area (Å²) in [6.07, 6.45) is 0. The number of nitrogens with two attached hydrogens (primary N) is 1. The molecule has 1 heterocycles. The molecular formula is C15H13FN2S2. The molecule has 0 saturated carbocycles. The quantitative estimate of drug-likeness (QED) is 0.735. The van der Waals surface area contributed by atoms with Crippen molar-refractivity contribution in [2.24, 2.45) is 5.73 Å². The van der Waals surface area contributed by atoms with Gasteiger partial charge in [-0.25, -0.2) is 9.37 Å². The van der Waals surface area contributed by atoms with Gasteiger partial charge in [-0.2, -0.15) is 0 Å². The predicted molar refractivity (Wildman–Crippen MR) is 83.5 cm³/mol. The first-order chi connectivity index (χ1) is 9.76. The molecule has 20 heavy (non-hydrogen) atoms. The number of rotatable bonds is 4. The van der Waals surface area contributed by atoms with Crippen molar-refractivity contribution in [2.75, 3.05) is 0 Å². The van der Waals surface area contributed by atoms with Crippen LogP contribution in [-0.4, -0.2) is 4.98 Å². The van der Waals surface area contributed by atoms with Crippen molar-refractivity contribution in [2.45, 2.75) is 16.6 Å². The molecular weight excluding hydrogens is 291 g/mol. The first-order valence-electron chi connectivity index (χ1n) is 6.22. The molecule has 0 amide bonds. The Labute approximate surface area is 124 Å². The maximum atomic E-state index is 13.9. The zero-order valence-electron chi connectivity index (χ0n) is 10.7. The number of aromatic nitrogens is 1. The van der Waals surface area contributed by atoms with Crippen LogP contribution in [-0.2, 0) is 12.3 Å². The molecule has 0 saturated heterocycles. The van der Waals surface area contributed by atoms with Crippen molar-refractivity contribution >= 4 is 33.3 Å². The van der Waals surface area contributed by atoms with Crippen molar-refractivity contribution in [3.63, 3.8) is 0 Å². The van der Waals surface area contributed by atoms with E-state index in [1.165, 1.54) is 6.07 Å². The molecule has 0 radical (unpaired) electrons. The van der Waals surface area contributed by atoms with E-state index in [1.807, 2.05) is 30.3 Å². The minimum Gasteiger partial charge on any atom is -0.326 e. The second kappa shape index (κ2) is 5.91. The lowest BCUT2D eigenvalue weighted by Crippen LogP contribution is -1.98. The van der Waals surface area contributed by atoms with Gasteiger partial charge in [-0.15, -0.1) is 11.3 Å². The van der Waals surface area contributed by atoms with Crippen LogP contribution in [0.2, 0.25) is 0 Å². The molecule has 0 atom stereocenters. The van der Waals surface area contributed by atoms with Crippen molar-refractivity contribution in [3.8, 4) is 0 Å². The highest BCUT2D eigenvalue weighted by molar-refractivity contribution is 8.00. The van der Waals surface area contributed by atoms with Crippen molar-refractivity contribution < 1.29 is 4.39 Å². The molecule has 0 aliphatic heterocycles. The van der Waals surface area contributed by atoms with Gasteiger partial charge in [-0.05, 0) is 29.3 Å². The first kappa shape index (κ1) is 13.5. The first-order valence-corrected chi connectivity index (χ1v) is 8.02. The summed E-state index contributed by atoms with van der Waals surface area (Å²) in [7, 11) is 0. The van der Waals surface area contributed by atoms with Gasteiger partial charge >= 0.3 is 0 Å². The summed E-state index contributed by atoms with van der Waals surface area (Å²) >= 11 is 3.20. The second-order valence-corrected chi connectivity index (χ2v) is 6.62. The Morgan fingerprint density at radius 3 is 2.80 bits per heavy atom. The fraction of sp³-hybridized carbons (Fsp3) is 0.133. The highest BCUT2D eigenvalue weighted by atomic mass is 32.2. The summed E-state index contributed by atoms with van der Waals surface area (Å²) in [5, 5.41) is 0. The maximum Gasteiger partial charge on any atom is 0.151 e. The van der Waals surface area contributed by atoms with E-state index in [9.17, 15) is 4.39 Å². The minimum absolute atomic E-state index is 0.193. The van der Waals surface area contributed by atoms with Crippen LogP contribution in [0.1, 0.15) is 11.1 Å². The number of hydrogen-bond acceptors (Lipinski definition) is 4. The summed E-state index contributed by atoms with van der Waals surface area (Å²) in [6, 6.07) is 13.2. The molecule has 3 aromatic rings. The van der Waals surface area contributed by atoms with Gasteiger partial charge in [0.2, 0.25) is 0 Å². The van der Waals surface area contributed by atoms with E-state index < -0.39 is 0 Å². The van der Waals surface area contributed by atoms with E-state index in [-0.39, 0.29) is 5.82 Å². The molecule has 0 bridgehead atoms. The number of halogens is 1. The molecule has 2 nitrogen and oxygen atoms in total. The normalized spacial score (nSPS) is 11.1. The van der Waals surface area contributed by atoms with Crippen LogP contribution in [0.15, 0.2) is 46.8 Å². The highest BCUT2D eigenvalue weighted by Crippen LogP contribution is 2.31. The van der Waals surface area contributed by atoms with Crippen molar-refractivity contribution in [1.29, 1.82) is 0 Å². The summed E-state index contributed by atoms with van der Waals surface area (Å²) in [6.45, 7) is 0.363. The summed E-state index contributed by atoms with van der Waals surface area (Å²) in [4.78, 5) is 4.53. The molecule has 1 aromatic heterocycles. The minimum atomic E-state index is -0.193. The molecule has 102 valence electrons. The summed E-state index contributed by atoms with van der Waals surface area (Å²) in [5.41, 5.74) is 8.00. The molecule has 0 aliphatic rings. The standard InChI is InChI=1S/C15H13FN2S2/c16-12-7-10(8-17)5-6-11(12)9-19-15-18-13-3-1-2-4-14(13)20-15/h1-7H,8-9,17H2. The number of hydrogen-bond donors (Lipinski definition) is 1. The Kier molecular flexibility index (Phi) is 4.00. The second-order valence-electron chi connectivity index (χ2n) is 4.37. The number of benzene rings is 2. The van der Waals surface area contributed by atoms with E-state index >= 15 is 0 Å². The van der Waals surface area contributed by atoms with Gasteiger partial charge in [0.05, 0.1) is 10.2 Å². The molecule has 5 heteroatoms. The van der Waals surface area contributed by atoms with E-state index in [4.69, 9.17) is 5.73 Å². The van der Waals surface area contributed by atoms with Gasteiger partial charge in [0.15, 0.2) is 4.34 Å². The maximum absolute atomic E-state index is 13.9. The third-order valence-electron chi connectivity index (χ3n) is 2.98. The number of para-hydroxylation sites is 1. The molecule has 0 aliphatic carbocycles. The monoisotopic (exact) mass is 304 g/mol. The SMILES string of the molecule is NCc1ccc(CSc2nc3ccccc3s2)c(F)c1. The van der Waals surface area contributed by atoms with Gasteiger partial charge in [-0.1, -0.05) is 36.0 Å². The molecule has 0 fully saturated rings. The van der Waals surface area contributed by atoms with E-state index in [0.717, 1.165) is 20.1 Å². The van der Waals surface area contributed by atoms with E-state index in [1.54, 1.807) is 29.2 Å². The fourth-order valence-corrected chi connectivity index (χ4v) is 3.94. The Morgan fingerprint density at radius 1 is 1.20 bits per heavy atom. The van der Waals surface area contributed by atoms with Crippen LogP contribution in [0.4, 0.5) is 4.39 Å². The van der Waals surface area contributed by atoms with Gasteiger partial charge < -0.3 is 5.73 Å². The van der Waals surface area contributed by atoms with Gasteiger partial charge in [0, 0.05) is 12.3 Å². The zero-order chi connectivity index (χ0) is 13.9. The van der Waals surface area contributed by atoms with Crippen LogP contribution >= 0.6 is 23.1 Å².